The molecule has 3 aromatic carbocycles. The van der Waals surface area contributed by atoms with Crippen LogP contribution in [-0.4, -0.2) is 11.8 Å². The summed E-state index contributed by atoms with van der Waals surface area (Å²) in [6.45, 7) is 2.54. The molecular formula is C25H26N2O3. The van der Waals surface area contributed by atoms with Crippen LogP contribution >= 0.6 is 0 Å². The third kappa shape index (κ3) is 6.48. The maximum Gasteiger partial charge on any atom is 0.255 e. The summed E-state index contributed by atoms with van der Waals surface area (Å²) in [6.07, 6.45) is 2.35. The van der Waals surface area contributed by atoms with Gasteiger partial charge in [0.1, 0.15) is 12.4 Å². The summed E-state index contributed by atoms with van der Waals surface area (Å²) in [5.74, 6) is 0.514. The fourth-order valence-electron chi connectivity index (χ4n) is 2.84. The van der Waals surface area contributed by atoms with Crippen molar-refractivity contribution in [3.05, 3.63) is 90.0 Å². The van der Waals surface area contributed by atoms with Crippen LogP contribution in [0.25, 0.3) is 0 Å². The zero-order valence-electron chi connectivity index (χ0n) is 17.1. The standard InChI is InChI=1S/C25H26N2O3/c1-2-3-9-24(28)26-21-12-10-20(11-13-21)25(29)27-22-14-16-23(17-15-22)30-18-19-7-5-4-6-8-19/h4-8,10-17H,2-3,9,18H2,1H3,(H,26,28)(H,27,29). The third-order valence-corrected chi connectivity index (χ3v) is 4.55. The van der Waals surface area contributed by atoms with Gasteiger partial charge in [0.25, 0.3) is 5.91 Å². The van der Waals surface area contributed by atoms with Crippen molar-refractivity contribution in [2.24, 2.45) is 0 Å². The predicted molar refractivity (Wildman–Crippen MR) is 120 cm³/mol. The lowest BCUT2D eigenvalue weighted by atomic mass is 10.1. The first-order valence-corrected chi connectivity index (χ1v) is 10.1. The summed E-state index contributed by atoms with van der Waals surface area (Å²) in [5, 5.41) is 5.70. The number of benzene rings is 3. The number of unbranched alkanes of at least 4 members (excludes halogenated alkanes) is 1. The molecule has 0 saturated heterocycles. The van der Waals surface area contributed by atoms with Crippen molar-refractivity contribution in [1.82, 2.24) is 0 Å². The monoisotopic (exact) mass is 402 g/mol. The Kier molecular flexibility index (Phi) is 7.61. The molecule has 0 saturated carbocycles. The highest BCUT2D eigenvalue weighted by Gasteiger charge is 2.08. The average molecular weight is 402 g/mol. The minimum Gasteiger partial charge on any atom is -0.489 e. The van der Waals surface area contributed by atoms with Crippen LogP contribution in [0.3, 0.4) is 0 Å². The van der Waals surface area contributed by atoms with E-state index in [-0.39, 0.29) is 11.8 Å². The first-order chi connectivity index (χ1) is 14.6. The van der Waals surface area contributed by atoms with Gasteiger partial charge in [-0.05, 0) is 60.5 Å². The van der Waals surface area contributed by atoms with Crippen LogP contribution in [-0.2, 0) is 11.4 Å². The molecule has 0 bridgehead atoms. The molecule has 0 radical (unpaired) electrons. The summed E-state index contributed by atoms with van der Waals surface area (Å²) < 4.78 is 5.76. The second kappa shape index (κ2) is 10.8. The molecule has 5 nitrogen and oxygen atoms in total. The smallest absolute Gasteiger partial charge is 0.255 e. The minimum atomic E-state index is -0.211. The second-order valence-corrected chi connectivity index (χ2v) is 6.98. The SMILES string of the molecule is CCCCC(=O)Nc1ccc(C(=O)Nc2ccc(OCc3ccccc3)cc2)cc1. The molecule has 5 heteroatoms. The Bertz CT molecular complexity index is 952. The lowest BCUT2D eigenvalue weighted by Gasteiger charge is -2.09. The van der Waals surface area contributed by atoms with Crippen LogP contribution in [0.2, 0.25) is 0 Å². The van der Waals surface area contributed by atoms with Crippen LogP contribution < -0.4 is 15.4 Å². The normalized spacial score (nSPS) is 10.3. The number of hydrogen-bond donors (Lipinski definition) is 2. The van der Waals surface area contributed by atoms with Gasteiger partial charge >= 0.3 is 0 Å². The Hall–Kier alpha value is -3.60. The third-order valence-electron chi connectivity index (χ3n) is 4.55. The van der Waals surface area contributed by atoms with Gasteiger partial charge in [0.2, 0.25) is 5.91 Å². The Morgan fingerprint density at radius 3 is 2.10 bits per heavy atom. The molecule has 0 atom stereocenters. The van der Waals surface area contributed by atoms with Crippen molar-refractivity contribution in [2.45, 2.75) is 32.8 Å². The molecule has 0 aliphatic heterocycles. The Balaban J connectivity index is 1.51. The molecule has 2 amide bonds. The summed E-state index contributed by atoms with van der Waals surface area (Å²) >= 11 is 0. The summed E-state index contributed by atoms with van der Waals surface area (Å²) in [7, 11) is 0. The van der Waals surface area contributed by atoms with Crippen LogP contribution in [0.5, 0.6) is 5.75 Å². The number of anilines is 2. The van der Waals surface area contributed by atoms with E-state index in [1.54, 1.807) is 36.4 Å². The molecule has 0 aliphatic carbocycles. The zero-order chi connectivity index (χ0) is 21.2. The Morgan fingerprint density at radius 1 is 0.800 bits per heavy atom. The van der Waals surface area contributed by atoms with Gasteiger partial charge in [0.05, 0.1) is 0 Å². The van der Waals surface area contributed by atoms with Crippen molar-refractivity contribution in [3.8, 4) is 5.75 Å². The molecular weight excluding hydrogens is 376 g/mol. The molecule has 30 heavy (non-hydrogen) atoms. The minimum absolute atomic E-state index is 0.0105. The van der Waals surface area contributed by atoms with E-state index in [0.29, 0.717) is 30.0 Å². The summed E-state index contributed by atoms with van der Waals surface area (Å²) in [5.41, 5.74) is 2.99. The number of hydrogen-bond acceptors (Lipinski definition) is 3. The highest BCUT2D eigenvalue weighted by atomic mass is 16.5. The number of rotatable bonds is 9. The van der Waals surface area contributed by atoms with Gasteiger partial charge in [-0.3, -0.25) is 9.59 Å². The van der Waals surface area contributed by atoms with Crippen molar-refractivity contribution < 1.29 is 14.3 Å². The van der Waals surface area contributed by atoms with Gasteiger partial charge in [-0.15, -0.1) is 0 Å². The maximum atomic E-state index is 12.5. The Morgan fingerprint density at radius 2 is 1.43 bits per heavy atom. The van der Waals surface area contributed by atoms with Crippen molar-refractivity contribution >= 4 is 23.2 Å². The molecule has 0 fully saturated rings. The first kappa shape index (κ1) is 21.1. The van der Waals surface area contributed by atoms with Crippen molar-refractivity contribution in [2.75, 3.05) is 10.6 Å². The topological polar surface area (TPSA) is 67.4 Å². The number of ether oxygens (including phenoxy) is 1. The van der Waals surface area contributed by atoms with E-state index in [1.165, 1.54) is 0 Å². The molecule has 3 rings (SSSR count). The van der Waals surface area contributed by atoms with E-state index >= 15 is 0 Å². The molecule has 0 aliphatic rings. The molecule has 0 spiro atoms. The fourth-order valence-corrected chi connectivity index (χ4v) is 2.84. The quantitative estimate of drug-likeness (QED) is 0.486. The van der Waals surface area contributed by atoms with Crippen LogP contribution in [0.4, 0.5) is 11.4 Å². The summed E-state index contributed by atoms with van der Waals surface area (Å²) in [6, 6.07) is 24.1. The highest BCUT2D eigenvalue weighted by molar-refractivity contribution is 6.04. The van der Waals surface area contributed by atoms with Crippen molar-refractivity contribution in [1.29, 1.82) is 0 Å². The van der Waals surface area contributed by atoms with E-state index in [1.807, 2.05) is 49.4 Å². The zero-order valence-corrected chi connectivity index (χ0v) is 17.1. The molecule has 154 valence electrons. The van der Waals surface area contributed by atoms with E-state index in [0.717, 1.165) is 24.2 Å². The number of amides is 2. The van der Waals surface area contributed by atoms with E-state index in [4.69, 9.17) is 4.74 Å². The molecule has 3 aromatic rings. The van der Waals surface area contributed by atoms with Gasteiger partial charge in [0.15, 0.2) is 0 Å². The number of carbonyl (C=O) groups excluding carboxylic acids is 2. The molecule has 0 heterocycles. The van der Waals surface area contributed by atoms with Crippen LogP contribution in [0.15, 0.2) is 78.9 Å². The van der Waals surface area contributed by atoms with Gasteiger partial charge < -0.3 is 15.4 Å². The maximum absolute atomic E-state index is 12.5. The van der Waals surface area contributed by atoms with Crippen LogP contribution in [0, 0.1) is 0 Å². The van der Waals surface area contributed by atoms with Gasteiger partial charge in [0, 0.05) is 23.4 Å². The highest BCUT2D eigenvalue weighted by Crippen LogP contribution is 2.18. The molecule has 2 N–H and O–H groups in total. The van der Waals surface area contributed by atoms with Crippen LogP contribution in [0.1, 0.15) is 42.1 Å². The number of nitrogens with one attached hydrogen (secondary N) is 2. The lowest BCUT2D eigenvalue weighted by molar-refractivity contribution is -0.116. The first-order valence-electron chi connectivity index (χ1n) is 10.1. The van der Waals surface area contributed by atoms with E-state index in [2.05, 4.69) is 10.6 Å². The molecule has 0 unspecified atom stereocenters. The van der Waals surface area contributed by atoms with Crippen molar-refractivity contribution in [3.63, 3.8) is 0 Å². The van der Waals surface area contributed by atoms with E-state index < -0.39 is 0 Å². The van der Waals surface area contributed by atoms with Gasteiger partial charge in [-0.25, -0.2) is 0 Å². The van der Waals surface area contributed by atoms with E-state index in [9.17, 15) is 9.59 Å². The average Bonchev–Trinajstić information content (AvgIpc) is 2.78. The summed E-state index contributed by atoms with van der Waals surface area (Å²) in [4.78, 5) is 24.2. The second-order valence-electron chi connectivity index (χ2n) is 6.98. The van der Waals surface area contributed by atoms with Gasteiger partial charge in [-0.1, -0.05) is 43.7 Å². The predicted octanol–water partition coefficient (Wildman–Crippen LogP) is 5.65. The largest absolute Gasteiger partial charge is 0.489 e. The fraction of sp³-hybridized carbons (Fsp3) is 0.200. The Labute approximate surface area is 177 Å². The van der Waals surface area contributed by atoms with Gasteiger partial charge in [-0.2, -0.15) is 0 Å². The number of carbonyl (C=O) groups is 2. The lowest BCUT2D eigenvalue weighted by Crippen LogP contribution is -2.13. The molecule has 0 aromatic heterocycles.